The number of ether oxygens (including phenoxy) is 1. The van der Waals surface area contributed by atoms with Crippen LogP contribution >= 0.6 is 0 Å². The number of nitrogens with one attached hydrogen (secondary N) is 1. The summed E-state index contributed by atoms with van der Waals surface area (Å²) in [6, 6.07) is 8.93. The molecule has 2 heteroatoms. The van der Waals surface area contributed by atoms with E-state index in [0.29, 0.717) is 0 Å². The molecule has 0 aliphatic carbocycles. The summed E-state index contributed by atoms with van der Waals surface area (Å²) < 4.78 is 6.26. The Morgan fingerprint density at radius 1 is 1.10 bits per heavy atom. The van der Waals surface area contributed by atoms with Crippen LogP contribution in [-0.4, -0.2) is 19.7 Å². The van der Waals surface area contributed by atoms with Crippen LogP contribution in [0.1, 0.15) is 57.1 Å². The van der Waals surface area contributed by atoms with Crippen molar-refractivity contribution in [2.24, 2.45) is 0 Å². The maximum absolute atomic E-state index is 6.26. The SMILES string of the molecule is CCCCCc1ccccc1C1(OCC)CCNCC1. The Hall–Kier alpha value is -0.860. The zero-order valence-corrected chi connectivity index (χ0v) is 13.1. The highest BCUT2D eigenvalue weighted by Gasteiger charge is 2.35. The summed E-state index contributed by atoms with van der Waals surface area (Å²) in [6.07, 6.45) is 7.25. The lowest BCUT2D eigenvalue weighted by Crippen LogP contribution is -2.42. The minimum Gasteiger partial charge on any atom is -0.370 e. The number of piperidine rings is 1. The van der Waals surface area contributed by atoms with Crippen molar-refractivity contribution in [1.82, 2.24) is 5.32 Å². The van der Waals surface area contributed by atoms with E-state index in [-0.39, 0.29) is 5.60 Å². The second-order valence-electron chi connectivity index (χ2n) is 5.79. The fraction of sp³-hybridized carbons (Fsp3) is 0.667. The van der Waals surface area contributed by atoms with Crippen LogP contribution in [0.4, 0.5) is 0 Å². The monoisotopic (exact) mass is 275 g/mol. The largest absolute Gasteiger partial charge is 0.370 e. The number of hydrogen-bond acceptors (Lipinski definition) is 2. The number of aryl methyl sites for hydroxylation is 1. The molecule has 1 aliphatic rings. The molecule has 0 spiro atoms. The molecule has 20 heavy (non-hydrogen) atoms. The highest BCUT2D eigenvalue weighted by molar-refractivity contribution is 5.33. The summed E-state index contributed by atoms with van der Waals surface area (Å²) >= 11 is 0. The summed E-state index contributed by atoms with van der Waals surface area (Å²) in [4.78, 5) is 0. The Morgan fingerprint density at radius 3 is 2.55 bits per heavy atom. The smallest absolute Gasteiger partial charge is 0.0957 e. The fourth-order valence-corrected chi connectivity index (χ4v) is 3.35. The van der Waals surface area contributed by atoms with Crippen LogP contribution in [0.5, 0.6) is 0 Å². The minimum absolute atomic E-state index is 0.0528. The fourth-order valence-electron chi connectivity index (χ4n) is 3.35. The molecule has 0 unspecified atom stereocenters. The van der Waals surface area contributed by atoms with Gasteiger partial charge in [-0.15, -0.1) is 0 Å². The van der Waals surface area contributed by atoms with Gasteiger partial charge in [-0.3, -0.25) is 0 Å². The van der Waals surface area contributed by atoms with E-state index in [4.69, 9.17) is 4.74 Å². The summed E-state index contributed by atoms with van der Waals surface area (Å²) in [5.41, 5.74) is 2.89. The summed E-state index contributed by atoms with van der Waals surface area (Å²) in [6.45, 7) is 7.29. The Bertz CT molecular complexity index is 391. The van der Waals surface area contributed by atoms with Crippen LogP contribution in [-0.2, 0) is 16.8 Å². The van der Waals surface area contributed by atoms with Crippen molar-refractivity contribution in [3.8, 4) is 0 Å². The Morgan fingerprint density at radius 2 is 1.85 bits per heavy atom. The molecule has 1 fully saturated rings. The zero-order chi connectivity index (χ0) is 14.3. The predicted octanol–water partition coefficient (Wildman–Crippen LogP) is 4.03. The molecule has 1 saturated heterocycles. The predicted molar refractivity (Wildman–Crippen MR) is 85.1 cm³/mol. The molecular weight excluding hydrogens is 246 g/mol. The van der Waals surface area contributed by atoms with Crippen molar-refractivity contribution in [2.45, 2.75) is 58.0 Å². The third-order valence-corrected chi connectivity index (χ3v) is 4.39. The molecule has 0 aromatic heterocycles. The van der Waals surface area contributed by atoms with Gasteiger partial charge in [-0.25, -0.2) is 0 Å². The van der Waals surface area contributed by atoms with Crippen molar-refractivity contribution in [3.05, 3.63) is 35.4 Å². The molecule has 1 aliphatic heterocycles. The second kappa shape index (κ2) is 7.80. The first-order valence-corrected chi connectivity index (χ1v) is 8.25. The van der Waals surface area contributed by atoms with Crippen molar-refractivity contribution in [1.29, 1.82) is 0 Å². The summed E-state index contributed by atoms with van der Waals surface area (Å²) in [7, 11) is 0. The van der Waals surface area contributed by atoms with Gasteiger partial charge in [0.25, 0.3) is 0 Å². The Kier molecular flexibility index (Phi) is 6.06. The number of unbranched alkanes of at least 4 members (excludes halogenated alkanes) is 2. The van der Waals surface area contributed by atoms with E-state index in [1.165, 1.54) is 36.8 Å². The Balaban J connectivity index is 2.23. The van der Waals surface area contributed by atoms with Crippen molar-refractivity contribution in [2.75, 3.05) is 19.7 Å². The van der Waals surface area contributed by atoms with Crippen LogP contribution in [0, 0.1) is 0 Å². The van der Waals surface area contributed by atoms with Gasteiger partial charge in [-0.2, -0.15) is 0 Å². The number of benzene rings is 1. The first-order chi connectivity index (χ1) is 9.82. The van der Waals surface area contributed by atoms with Gasteiger partial charge in [-0.1, -0.05) is 44.0 Å². The third kappa shape index (κ3) is 3.62. The zero-order valence-electron chi connectivity index (χ0n) is 13.1. The molecule has 1 heterocycles. The average molecular weight is 275 g/mol. The summed E-state index contributed by atoms with van der Waals surface area (Å²) in [5, 5.41) is 3.46. The van der Waals surface area contributed by atoms with Crippen LogP contribution in [0.3, 0.4) is 0 Å². The molecule has 1 N–H and O–H groups in total. The van der Waals surface area contributed by atoms with E-state index in [2.05, 4.69) is 43.4 Å². The second-order valence-corrected chi connectivity index (χ2v) is 5.79. The van der Waals surface area contributed by atoms with Gasteiger partial charge in [-0.05, 0) is 56.8 Å². The van der Waals surface area contributed by atoms with E-state index < -0.39 is 0 Å². The highest BCUT2D eigenvalue weighted by Crippen LogP contribution is 2.37. The van der Waals surface area contributed by atoms with Gasteiger partial charge in [0.05, 0.1) is 5.60 Å². The van der Waals surface area contributed by atoms with Crippen molar-refractivity contribution < 1.29 is 4.74 Å². The molecule has 0 radical (unpaired) electrons. The molecule has 0 bridgehead atoms. The highest BCUT2D eigenvalue weighted by atomic mass is 16.5. The van der Waals surface area contributed by atoms with Crippen LogP contribution in [0.2, 0.25) is 0 Å². The summed E-state index contributed by atoms with van der Waals surface area (Å²) in [5.74, 6) is 0. The van der Waals surface area contributed by atoms with Crippen molar-refractivity contribution >= 4 is 0 Å². The molecule has 112 valence electrons. The quantitative estimate of drug-likeness (QED) is 0.758. The third-order valence-electron chi connectivity index (χ3n) is 4.39. The maximum atomic E-state index is 6.26. The number of rotatable bonds is 7. The average Bonchev–Trinajstić information content (AvgIpc) is 2.49. The lowest BCUT2D eigenvalue weighted by Gasteiger charge is -2.39. The van der Waals surface area contributed by atoms with Gasteiger partial charge in [0, 0.05) is 6.61 Å². The maximum Gasteiger partial charge on any atom is 0.0957 e. The molecule has 2 rings (SSSR count). The topological polar surface area (TPSA) is 21.3 Å². The molecule has 2 nitrogen and oxygen atoms in total. The molecule has 0 amide bonds. The van der Waals surface area contributed by atoms with Crippen molar-refractivity contribution in [3.63, 3.8) is 0 Å². The van der Waals surface area contributed by atoms with E-state index in [1.807, 2.05) is 0 Å². The normalized spacial score (nSPS) is 18.1. The van der Waals surface area contributed by atoms with E-state index in [1.54, 1.807) is 0 Å². The number of hydrogen-bond donors (Lipinski definition) is 1. The molecule has 1 aromatic rings. The standard InChI is InChI=1S/C18H29NO/c1-3-5-6-9-16-10-7-8-11-17(16)18(20-4-2)12-14-19-15-13-18/h7-8,10-11,19H,3-6,9,12-15H2,1-2H3. The Labute approximate surface area is 123 Å². The van der Waals surface area contributed by atoms with Crippen LogP contribution in [0.15, 0.2) is 24.3 Å². The minimum atomic E-state index is -0.0528. The van der Waals surface area contributed by atoms with Gasteiger partial charge in [0.15, 0.2) is 0 Å². The van der Waals surface area contributed by atoms with E-state index >= 15 is 0 Å². The first-order valence-electron chi connectivity index (χ1n) is 8.25. The van der Waals surface area contributed by atoms with Crippen LogP contribution < -0.4 is 5.32 Å². The van der Waals surface area contributed by atoms with Gasteiger partial charge >= 0.3 is 0 Å². The van der Waals surface area contributed by atoms with Gasteiger partial charge < -0.3 is 10.1 Å². The van der Waals surface area contributed by atoms with E-state index in [0.717, 1.165) is 32.5 Å². The van der Waals surface area contributed by atoms with Gasteiger partial charge in [0.2, 0.25) is 0 Å². The lowest BCUT2D eigenvalue weighted by atomic mass is 9.81. The van der Waals surface area contributed by atoms with Gasteiger partial charge in [0.1, 0.15) is 0 Å². The molecule has 0 saturated carbocycles. The molecule has 0 atom stereocenters. The van der Waals surface area contributed by atoms with E-state index in [9.17, 15) is 0 Å². The van der Waals surface area contributed by atoms with Crippen LogP contribution in [0.25, 0.3) is 0 Å². The molecular formula is C18H29NO. The first kappa shape index (κ1) is 15.5. The lowest BCUT2D eigenvalue weighted by molar-refractivity contribution is -0.0661. The molecule has 1 aromatic carbocycles.